The molecule has 3 aliphatic rings. The molecule has 0 saturated carbocycles. The number of halogens is 1. The predicted octanol–water partition coefficient (Wildman–Crippen LogP) is 0.635. The van der Waals surface area contributed by atoms with Crippen molar-refractivity contribution in [2.45, 2.75) is 56.8 Å². The topological polar surface area (TPSA) is 102 Å². The van der Waals surface area contributed by atoms with Crippen LogP contribution in [0, 0.1) is 5.82 Å². The fourth-order valence-electron chi connectivity index (χ4n) is 4.10. The van der Waals surface area contributed by atoms with E-state index >= 15 is 4.39 Å². The van der Waals surface area contributed by atoms with Crippen LogP contribution in [-0.4, -0.2) is 47.4 Å². The van der Waals surface area contributed by atoms with Gasteiger partial charge in [-0.25, -0.2) is 4.39 Å². The molecule has 0 spiro atoms. The van der Waals surface area contributed by atoms with Gasteiger partial charge in [0.05, 0.1) is 12.6 Å². The van der Waals surface area contributed by atoms with E-state index in [0.717, 1.165) is 12.8 Å². The molecule has 7 nitrogen and oxygen atoms in total. The van der Waals surface area contributed by atoms with E-state index in [-0.39, 0.29) is 48.9 Å². The van der Waals surface area contributed by atoms with Gasteiger partial charge in [-0.05, 0) is 30.9 Å². The molecule has 1 aromatic carbocycles. The Kier molecular flexibility index (Phi) is 4.69. The van der Waals surface area contributed by atoms with Gasteiger partial charge in [-0.1, -0.05) is 6.07 Å². The van der Waals surface area contributed by atoms with Crippen molar-refractivity contribution in [2.24, 2.45) is 5.73 Å². The maximum atomic E-state index is 15.1. The number of benzene rings is 1. The number of carbonyl (C=O) groups is 3. The first-order valence-corrected chi connectivity index (χ1v) is 9.28. The molecule has 27 heavy (non-hydrogen) atoms. The number of nitrogens with two attached hydrogens (primary N) is 1. The first-order chi connectivity index (χ1) is 13.0. The molecule has 2 fully saturated rings. The number of piperidine rings is 1. The summed E-state index contributed by atoms with van der Waals surface area (Å²) in [6.45, 7) is 0.643. The molecule has 0 unspecified atom stereocenters. The highest BCUT2D eigenvalue weighted by molar-refractivity contribution is 6.05. The Morgan fingerprint density at radius 2 is 2.07 bits per heavy atom. The van der Waals surface area contributed by atoms with Crippen molar-refractivity contribution in [1.82, 2.24) is 10.2 Å². The van der Waals surface area contributed by atoms with E-state index in [4.69, 9.17) is 10.5 Å². The molecule has 3 aliphatic heterocycles. The Morgan fingerprint density at radius 1 is 1.26 bits per heavy atom. The quantitative estimate of drug-likeness (QED) is 0.755. The molecule has 8 heteroatoms. The Balaban J connectivity index is 1.55. The Bertz CT molecular complexity index is 812. The van der Waals surface area contributed by atoms with Crippen LogP contribution in [0.1, 0.15) is 47.2 Å². The molecule has 3 N–H and O–H groups in total. The lowest BCUT2D eigenvalue weighted by atomic mass is 9.95. The van der Waals surface area contributed by atoms with Crippen molar-refractivity contribution in [3.8, 4) is 0 Å². The van der Waals surface area contributed by atoms with Gasteiger partial charge >= 0.3 is 0 Å². The number of rotatable bonds is 3. The van der Waals surface area contributed by atoms with Crippen molar-refractivity contribution in [1.29, 1.82) is 0 Å². The van der Waals surface area contributed by atoms with Crippen LogP contribution in [0.5, 0.6) is 0 Å². The highest BCUT2D eigenvalue weighted by Crippen LogP contribution is 2.31. The summed E-state index contributed by atoms with van der Waals surface area (Å²) in [4.78, 5) is 37.4. The monoisotopic (exact) mass is 375 g/mol. The zero-order chi connectivity index (χ0) is 19.1. The van der Waals surface area contributed by atoms with Crippen LogP contribution in [0.2, 0.25) is 0 Å². The Morgan fingerprint density at radius 3 is 2.81 bits per heavy atom. The van der Waals surface area contributed by atoms with Crippen LogP contribution in [0.4, 0.5) is 4.39 Å². The molecule has 0 radical (unpaired) electrons. The van der Waals surface area contributed by atoms with Gasteiger partial charge in [-0.3, -0.25) is 19.7 Å². The SMILES string of the molecule is N[C@H]1CCCO[C@@H]1Cc1ccc2c(c1F)CN([C@H]1CCC(=O)NC1=O)C2=O. The molecule has 144 valence electrons. The summed E-state index contributed by atoms with van der Waals surface area (Å²) >= 11 is 0. The van der Waals surface area contributed by atoms with E-state index in [9.17, 15) is 14.4 Å². The second-order valence-corrected chi connectivity index (χ2v) is 7.38. The van der Waals surface area contributed by atoms with Gasteiger partial charge in [0, 0.05) is 36.6 Å². The van der Waals surface area contributed by atoms with Gasteiger partial charge in [0.15, 0.2) is 0 Å². The number of fused-ring (bicyclic) bond motifs is 1. The summed E-state index contributed by atoms with van der Waals surface area (Å²) in [6, 6.07) is 2.33. The maximum Gasteiger partial charge on any atom is 0.255 e. The fourth-order valence-corrected chi connectivity index (χ4v) is 4.10. The zero-order valence-electron chi connectivity index (χ0n) is 14.9. The standard InChI is InChI=1S/C19H22FN3O4/c20-17-10(8-15-13(21)2-1-7-27-15)3-4-11-12(17)9-23(19(11)26)14-5-6-16(24)22-18(14)25/h3-4,13-15H,1-2,5-9,21H2,(H,22,24,25)/t13-,14-,15+/m0/s1. The lowest BCUT2D eigenvalue weighted by molar-refractivity contribution is -0.136. The highest BCUT2D eigenvalue weighted by Gasteiger charge is 2.40. The van der Waals surface area contributed by atoms with Crippen LogP contribution in [0.25, 0.3) is 0 Å². The van der Waals surface area contributed by atoms with Crippen LogP contribution in [0.15, 0.2) is 12.1 Å². The number of amides is 3. The van der Waals surface area contributed by atoms with Crippen molar-refractivity contribution in [3.05, 3.63) is 34.6 Å². The van der Waals surface area contributed by atoms with Crippen LogP contribution in [0.3, 0.4) is 0 Å². The van der Waals surface area contributed by atoms with Gasteiger partial charge < -0.3 is 15.4 Å². The Hall–Kier alpha value is -2.32. The predicted molar refractivity (Wildman–Crippen MR) is 93.1 cm³/mol. The number of hydrogen-bond donors (Lipinski definition) is 2. The molecule has 4 rings (SSSR count). The van der Waals surface area contributed by atoms with E-state index in [1.54, 1.807) is 12.1 Å². The van der Waals surface area contributed by atoms with Gasteiger partial charge in [0.2, 0.25) is 11.8 Å². The number of imide groups is 1. The normalized spacial score (nSPS) is 28.3. The van der Waals surface area contributed by atoms with Gasteiger partial charge in [0.1, 0.15) is 11.9 Å². The third-order valence-corrected chi connectivity index (χ3v) is 5.64. The first-order valence-electron chi connectivity index (χ1n) is 9.28. The van der Waals surface area contributed by atoms with E-state index in [0.29, 0.717) is 24.2 Å². The number of hydrogen-bond acceptors (Lipinski definition) is 5. The lowest BCUT2D eigenvalue weighted by Gasteiger charge is -2.29. The van der Waals surface area contributed by atoms with Crippen LogP contribution >= 0.6 is 0 Å². The number of nitrogens with zero attached hydrogens (tertiary/aromatic N) is 1. The molecular weight excluding hydrogens is 353 g/mol. The second-order valence-electron chi connectivity index (χ2n) is 7.38. The molecular formula is C19H22FN3O4. The first kappa shape index (κ1) is 18.1. The van der Waals surface area contributed by atoms with Crippen molar-refractivity contribution < 1.29 is 23.5 Å². The van der Waals surface area contributed by atoms with Crippen LogP contribution in [-0.2, 0) is 27.3 Å². The number of ether oxygens (including phenoxy) is 1. The Labute approximate surface area is 156 Å². The van der Waals surface area contributed by atoms with Crippen LogP contribution < -0.4 is 11.1 Å². The number of nitrogens with one attached hydrogen (secondary N) is 1. The van der Waals surface area contributed by atoms with Crippen molar-refractivity contribution in [2.75, 3.05) is 6.61 Å². The van der Waals surface area contributed by atoms with E-state index in [1.165, 1.54) is 4.90 Å². The summed E-state index contributed by atoms with van der Waals surface area (Å²) in [5.74, 6) is -1.67. The molecule has 0 aromatic heterocycles. The zero-order valence-corrected chi connectivity index (χ0v) is 14.9. The summed E-state index contributed by atoms with van der Waals surface area (Å²) in [6.07, 6.45) is 2.28. The third kappa shape index (κ3) is 3.23. The molecule has 3 atom stereocenters. The summed E-state index contributed by atoms with van der Waals surface area (Å²) in [5.41, 5.74) is 7.11. The smallest absolute Gasteiger partial charge is 0.255 e. The lowest BCUT2D eigenvalue weighted by Crippen LogP contribution is -2.52. The largest absolute Gasteiger partial charge is 0.376 e. The average molecular weight is 375 g/mol. The summed E-state index contributed by atoms with van der Waals surface area (Å²) < 4.78 is 20.8. The highest BCUT2D eigenvalue weighted by atomic mass is 19.1. The molecule has 1 aromatic rings. The van der Waals surface area contributed by atoms with Gasteiger partial charge in [-0.2, -0.15) is 0 Å². The second kappa shape index (κ2) is 7.01. The molecule has 0 bridgehead atoms. The van der Waals surface area contributed by atoms with E-state index < -0.39 is 17.8 Å². The van der Waals surface area contributed by atoms with Crippen molar-refractivity contribution >= 4 is 17.7 Å². The van der Waals surface area contributed by atoms with Crippen molar-refractivity contribution in [3.63, 3.8) is 0 Å². The maximum absolute atomic E-state index is 15.1. The minimum atomic E-state index is -0.749. The minimum absolute atomic E-state index is 0.0255. The fraction of sp³-hybridized carbons (Fsp3) is 0.526. The van der Waals surface area contributed by atoms with Gasteiger partial charge in [0.25, 0.3) is 5.91 Å². The third-order valence-electron chi connectivity index (χ3n) is 5.64. The minimum Gasteiger partial charge on any atom is -0.376 e. The molecule has 0 aliphatic carbocycles. The molecule has 2 saturated heterocycles. The summed E-state index contributed by atoms with van der Waals surface area (Å²) in [7, 11) is 0. The van der Waals surface area contributed by atoms with E-state index in [1.807, 2.05) is 0 Å². The molecule has 3 amide bonds. The number of carbonyl (C=O) groups excluding carboxylic acids is 3. The molecule has 3 heterocycles. The van der Waals surface area contributed by atoms with Gasteiger partial charge in [-0.15, -0.1) is 0 Å². The van der Waals surface area contributed by atoms with E-state index in [2.05, 4.69) is 5.32 Å². The summed E-state index contributed by atoms with van der Waals surface area (Å²) in [5, 5.41) is 2.24. The average Bonchev–Trinajstić information content (AvgIpc) is 2.97.